The first-order valence-corrected chi connectivity index (χ1v) is 12.6. The molecule has 28 heavy (non-hydrogen) atoms. The second-order valence-corrected chi connectivity index (χ2v) is 14.3. The molecular weight excluding hydrogens is 340 g/mol. The lowest BCUT2D eigenvalue weighted by Crippen LogP contribution is -2.65. The predicted octanol–water partition coefficient (Wildman–Crippen LogP) is 5.32. The minimum Gasteiger partial charge on any atom is -0.326 e. The smallest absolute Gasteiger partial charge is 0.0994 e. The van der Waals surface area contributed by atoms with Crippen molar-refractivity contribution in [1.29, 1.82) is 0 Å². The summed E-state index contributed by atoms with van der Waals surface area (Å²) in [4.78, 5) is 0. The molecule has 8 saturated carbocycles. The molecule has 0 aromatic carbocycles. The summed E-state index contributed by atoms with van der Waals surface area (Å²) >= 11 is 0. The minimum atomic E-state index is 0.675. The third-order valence-electron chi connectivity index (χ3n) is 10.9. The van der Waals surface area contributed by atoms with Gasteiger partial charge in [0.1, 0.15) is 0 Å². The molecule has 0 unspecified atom stereocenters. The fourth-order valence-electron chi connectivity index (χ4n) is 9.77. The van der Waals surface area contributed by atoms with Crippen LogP contribution in [0, 0.1) is 35.5 Å². The maximum absolute atomic E-state index is 2.42. The van der Waals surface area contributed by atoms with E-state index in [4.69, 9.17) is 0 Å². The van der Waals surface area contributed by atoms with Gasteiger partial charge in [-0.2, -0.15) is 0 Å². The SMILES string of the molecule is C[N+](C)(C)C12CC3CC(CC(C3)C1)C2.C[N+](C)(C)C12CC3CC(CC(C3)C1)C2. The molecule has 8 aliphatic rings. The summed E-state index contributed by atoms with van der Waals surface area (Å²) in [6.45, 7) is 0. The molecule has 0 amide bonds. The van der Waals surface area contributed by atoms with Gasteiger partial charge in [-0.05, 0) is 74.0 Å². The molecule has 0 saturated heterocycles. The monoisotopic (exact) mass is 388 g/mol. The summed E-state index contributed by atoms with van der Waals surface area (Å²) in [7, 11) is 14.5. The molecule has 2 heteroatoms. The van der Waals surface area contributed by atoms with Crippen molar-refractivity contribution in [2.24, 2.45) is 35.5 Å². The van der Waals surface area contributed by atoms with Crippen molar-refractivity contribution >= 4 is 0 Å². The molecule has 0 heterocycles. The highest BCUT2D eigenvalue weighted by Crippen LogP contribution is 2.59. The Labute approximate surface area is 175 Å². The van der Waals surface area contributed by atoms with Gasteiger partial charge in [0.15, 0.2) is 0 Å². The van der Waals surface area contributed by atoms with Crippen LogP contribution in [0.5, 0.6) is 0 Å². The molecule has 0 aliphatic heterocycles. The van der Waals surface area contributed by atoms with Gasteiger partial charge in [0.05, 0.1) is 53.4 Å². The minimum absolute atomic E-state index is 0.675. The van der Waals surface area contributed by atoms with Crippen LogP contribution in [-0.2, 0) is 0 Å². The highest BCUT2D eigenvalue weighted by Gasteiger charge is 2.58. The lowest BCUT2D eigenvalue weighted by Gasteiger charge is -2.61. The summed E-state index contributed by atoms with van der Waals surface area (Å²) < 4.78 is 2.44. The average molecular weight is 389 g/mol. The summed E-state index contributed by atoms with van der Waals surface area (Å²) in [5.41, 5.74) is 1.35. The quantitative estimate of drug-likeness (QED) is 0.561. The summed E-state index contributed by atoms with van der Waals surface area (Å²) in [6.07, 6.45) is 18.6. The summed E-state index contributed by atoms with van der Waals surface area (Å²) in [5, 5.41) is 0. The van der Waals surface area contributed by atoms with Gasteiger partial charge in [0, 0.05) is 38.5 Å². The molecule has 8 rings (SSSR count). The van der Waals surface area contributed by atoms with E-state index in [0.717, 1.165) is 35.5 Å². The standard InChI is InChI=1S/2C13H24N/c2*1-14(2,3)13-7-10-4-11(8-13)6-12(5-10)9-13/h2*10-12H,4-9H2,1-3H3/q2*+1. The summed E-state index contributed by atoms with van der Waals surface area (Å²) in [5.74, 6) is 6.58. The number of hydrogen-bond donors (Lipinski definition) is 0. The van der Waals surface area contributed by atoms with Crippen LogP contribution < -0.4 is 0 Å². The third-order valence-corrected chi connectivity index (χ3v) is 10.9. The topological polar surface area (TPSA) is 0 Å². The summed E-state index contributed by atoms with van der Waals surface area (Å²) in [6, 6.07) is 0. The van der Waals surface area contributed by atoms with Crippen LogP contribution in [0.25, 0.3) is 0 Å². The van der Waals surface area contributed by atoms with Crippen molar-refractivity contribution in [3.63, 3.8) is 0 Å². The fraction of sp³-hybridized carbons (Fsp3) is 1.00. The molecule has 0 radical (unpaired) electrons. The zero-order valence-corrected chi connectivity index (χ0v) is 19.8. The lowest BCUT2D eigenvalue weighted by atomic mass is 9.52. The number of rotatable bonds is 2. The lowest BCUT2D eigenvalue weighted by molar-refractivity contribution is -0.930. The van der Waals surface area contributed by atoms with Crippen LogP contribution >= 0.6 is 0 Å². The van der Waals surface area contributed by atoms with Gasteiger partial charge in [-0.3, -0.25) is 0 Å². The molecule has 2 nitrogen and oxygen atoms in total. The fourth-order valence-corrected chi connectivity index (χ4v) is 9.77. The second-order valence-electron chi connectivity index (χ2n) is 14.3. The number of quaternary nitrogens is 2. The van der Waals surface area contributed by atoms with Crippen LogP contribution in [0.3, 0.4) is 0 Å². The van der Waals surface area contributed by atoms with Crippen molar-refractivity contribution in [3.05, 3.63) is 0 Å². The molecular formula is C26H48N2+2. The first kappa shape index (κ1) is 19.9. The van der Waals surface area contributed by atoms with E-state index < -0.39 is 0 Å². The van der Waals surface area contributed by atoms with Crippen LogP contribution in [0.1, 0.15) is 77.0 Å². The van der Waals surface area contributed by atoms with Crippen LogP contribution in [0.15, 0.2) is 0 Å². The largest absolute Gasteiger partial charge is 0.326 e. The maximum atomic E-state index is 2.42. The van der Waals surface area contributed by atoms with E-state index in [9.17, 15) is 0 Å². The van der Waals surface area contributed by atoms with Crippen molar-refractivity contribution in [2.45, 2.75) is 88.1 Å². The van der Waals surface area contributed by atoms with Gasteiger partial charge in [0.25, 0.3) is 0 Å². The Hall–Kier alpha value is -0.0800. The van der Waals surface area contributed by atoms with E-state index in [1.165, 1.54) is 47.5 Å². The van der Waals surface area contributed by atoms with E-state index in [-0.39, 0.29) is 0 Å². The van der Waals surface area contributed by atoms with Crippen molar-refractivity contribution in [3.8, 4) is 0 Å². The third kappa shape index (κ3) is 3.11. The normalized spacial score (nSPS) is 51.2. The van der Waals surface area contributed by atoms with Gasteiger partial charge in [0.2, 0.25) is 0 Å². The van der Waals surface area contributed by atoms with Crippen LogP contribution in [-0.4, -0.2) is 62.3 Å². The van der Waals surface area contributed by atoms with Crippen LogP contribution in [0.4, 0.5) is 0 Å². The Morgan fingerprint density at radius 1 is 0.393 bits per heavy atom. The molecule has 0 N–H and O–H groups in total. The van der Waals surface area contributed by atoms with E-state index in [0.29, 0.717) is 11.1 Å². The van der Waals surface area contributed by atoms with Crippen LogP contribution in [0.2, 0.25) is 0 Å². The van der Waals surface area contributed by atoms with Gasteiger partial charge in [-0.1, -0.05) is 0 Å². The highest BCUT2D eigenvalue weighted by molar-refractivity contribution is 5.04. The molecule has 8 aliphatic carbocycles. The van der Waals surface area contributed by atoms with Gasteiger partial charge in [-0.25, -0.2) is 0 Å². The second kappa shape index (κ2) is 6.22. The maximum Gasteiger partial charge on any atom is 0.0994 e. The van der Waals surface area contributed by atoms with E-state index in [1.54, 1.807) is 38.5 Å². The Bertz CT molecular complexity index is 480. The zero-order chi connectivity index (χ0) is 19.9. The molecule has 8 bridgehead atoms. The first-order chi connectivity index (χ1) is 13.0. The molecule has 0 spiro atoms. The molecule has 8 fully saturated rings. The number of hydrogen-bond acceptors (Lipinski definition) is 0. The Kier molecular flexibility index (Phi) is 4.41. The predicted molar refractivity (Wildman–Crippen MR) is 118 cm³/mol. The molecule has 0 atom stereocenters. The molecule has 0 aromatic rings. The van der Waals surface area contributed by atoms with Gasteiger partial charge < -0.3 is 8.97 Å². The Morgan fingerprint density at radius 2 is 0.571 bits per heavy atom. The van der Waals surface area contributed by atoms with Gasteiger partial charge in [-0.15, -0.1) is 0 Å². The van der Waals surface area contributed by atoms with E-state index >= 15 is 0 Å². The van der Waals surface area contributed by atoms with Crippen molar-refractivity contribution < 1.29 is 8.97 Å². The van der Waals surface area contributed by atoms with E-state index in [1.807, 2.05) is 0 Å². The van der Waals surface area contributed by atoms with E-state index in [2.05, 4.69) is 42.3 Å². The molecule has 0 aromatic heterocycles. The number of nitrogens with zero attached hydrogens (tertiary/aromatic N) is 2. The van der Waals surface area contributed by atoms with Crippen molar-refractivity contribution in [1.82, 2.24) is 0 Å². The Balaban J connectivity index is 0.000000122. The first-order valence-electron chi connectivity index (χ1n) is 12.6. The Morgan fingerprint density at radius 3 is 0.714 bits per heavy atom. The van der Waals surface area contributed by atoms with Crippen molar-refractivity contribution in [2.75, 3.05) is 42.3 Å². The average Bonchev–Trinajstić information content (AvgIpc) is 2.50. The highest BCUT2D eigenvalue weighted by atomic mass is 15.4. The molecule has 160 valence electrons. The van der Waals surface area contributed by atoms with Gasteiger partial charge >= 0.3 is 0 Å². The zero-order valence-electron chi connectivity index (χ0n) is 19.8.